The fourth-order valence-corrected chi connectivity index (χ4v) is 2.41. The van der Waals surface area contributed by atoms with Gasteiger partial charge >= 0.3 is 6.18 Å². The minimum absolute atomic E-state index is 0.200. The Kier molecular flexibility index (Phi) is 2.69. The SMILES string of the molecule is Cn1nc(C(F)(F)F)c2c1CCCC2CN. The first-order chi connectivity index (χ1) is 7.45. The lowest BCUT2D eigenvalue weighted by Gasteiger charge is -2.22. The van der Waals surface area contributed by atoms with E-state index < -0.39 is 11.9 Å². The summed E-state index contributed by atoms with van der Waals surface area (Å²) in [6.07, 6.45) is -2.12. The fourth-order valence-electron chi connectivity index (χ4n) is 2.41. The summed E-state index contributed by atoms with van der Waals surface area (Å²) in [5.41, 5.74) is 5.80. The van der Waals surface area contributed by atoms with Gasteiger partial charge in [0.15, 0.2) is 5.69 Å². The molecule has 1 unspecified atom stereocenters. The number of fused-ring (bicyclic) bond motifs is 1. The summed E-state index contributed by atoms with van der Waals surface area (Å²) in [6.45, 7) is 0.252. The second-order valence-corrected chi connectivity index (χ2v) is 4.16. The predicted molar refractivity (Wildman–Crippen MR) is 52.9 cm³/mol. The number of hydrogen-bond donors (Lipinski definition) is 1. The molecule has 1 aliphatic rings. The number of halogens is 3. The summed E-state index contributed by atoms with van der Waals surface area (Å²) < 4.78 is 39.7. The Morgan fingerprint density at radius 1 is 1.50 bits per heavy atom. The number of nitrogens with two attached hydrogens (primary N) is 1. The molecule has 0 saturated carbocycles. The topological polar surface area (TPSA) is 43.8 Å². The van der Waals surface area contributed by atoms with E-state index in [0.29, 0.717) is 17.7 Å². The Morgan fingerprint density at radius 2 is 2.19 bits per heavy atom. The van der Waals surface area contributed by atoms with Crippen molar-refractivity contribution in [3.63, 3.8) is 0 Å². The maximum absolute atomic E-state index is 12.8. The third-order valence-electron chi connectivity index (χ3n) is 3.13. The smallest absolute Gasteiger partial charge is 0.330 e. The maximum Gasteiger partial charge on any atom is 0.435 e. The molecule has 1 aromatic rings. The Hall–Kier alpha value is -1.04. The van der Waals surface area contributed by atoms with Crippen molar-refractivity contribution in [1.82, 2.24) is 9.78 Å². The Morgan fingerprint density at radius 3 is 2.75 bits per heavy atom. The highest BCUT2D eigenvalue weighted by Crippen LogP contribution is 2.40. The van der Waals surface area contributed by atoms with Crippen LogP contribution in [-0.2, 0) is 19.6 Å². The molecule has 0 bridgehead atoms. The van der Waals surface area contributed by atoms with Crippen LogP contribution in [0.1, 0.15) is 35.7 Å². The summed E-state index contributed by atoms with van der Waals surface area (Å²) in [5, 5.41) is 3.60. The van der Waals surface area contributed by atoms with E-state index in [4.69, 9.17) is 5.73 Å². The van der Waals surface area contributed by atoms with Crippen molar-refractivity contribution >= 4 is 0 Å². The van der Waals surface area contributed by atoms with Crippen LogP contribution in [-0.4, -0.2) is 16.3 Å². The molecule has 0 radical (unpaired) electrons. The van der Waals surface area contributed by atoms with E-state index in [1.54, 1.807) is 7.05 Å². The van der Waals surface area contributed by atoms with Gasteiger partial charge in [0.25, 0.3) is 0 Å². The molecule has 1 atom stereocenters. The van der Waals surface area contributed by atoms with Crippen LogP contribution in [0.15, 0.2) is 0 Å². The van der Waals surface area contributed by atoms with Crippen molar-refractivity contribution in [2.75, 3.05) is 6.54 Å². The van der Waals surface area contributed by atoms with E-state index in [1.165, 1.54) is 4.68 Å². The van der Waals surface area contributed by atoms with E-state index in [1.807, 2.05) is 0 Å². The molecule has 1 aliphatic carbocycles. The highest BCUT2D eigenvalue weighted by molar-refractivity contribution is 5.34. The molecule has 90 valence electrons. The van der Waals surface area contributed by atoms with Gasteiger partial charge in [0, 0.05) is 24.2 Å². The van der Waals surface area contributed by atoms with Crippen molar-refractivity contribution in [1.29, 1.82) is 0 Å². The zero-order valence-electron chi connectivity index (χ0n) is 9.01. The molecule has 2 rings (SSSR count). The quantitative estimate of drug-likeness (QED) is 0.804. The van der Waals surface area contributed by atoms with Crippen LogP contribution in [0.3, 0.4) is 0 Å². The molecule has 0 spiro atoms. The average molecular weight is 233 g/mol. The molecule has 2 N–H and O–H groups in total. The van der Waals surface area contributed by atoms with Crippen LogP contribution in [0, 0.1) is 0 Å². The first-order valence-electron chi connectivity index (χ1n) is 5.28. The van der Waals surface area contributed by atoms with Crippen LogP contribution in [0.4, 0.5) is 13.2 Å². The second-order valence-electron chi connectivity index (χ2n) is 4.16. The molecular formula is C10H14F3N3. The minimum Gasteiger partial charge on any atom is -0.330 e. The van der Waals surface area contributed by atoms with Gasteiger partial charge < -0.3 is 5.73 Å². The summed E-state index contributed by atoms with van der Waals surface area (Å²) in [4.78, 5) is 0. The van der Waals surface area contributed by atoms with Gasteiger partial charge in [-0.05, 0) is 25.8 Å². The fraction of sp³-hybridized carbons (Fsp3) is 0.700. The zero-order valence-corrected chi connectivity index (χ0v) is 9.01. The normalized spacial score (nSPS) is 20.9. The molecule has 0 amide bonds. The molecule has 0 aromatic carbocycles. The number of rotatable bonds is 1. The van der Waals surface area contributed by atoms with Gasteiger partial charge in [-0.2, -0.15) is 18.3 Å². The van der Waals surface area contributed by atoms with Gasteiger partial charge in [0.1, 0.15) is 0 Å². The summed E-state index contributed by atoms with van der Waals surface area (Å²) in [7, 11) is 1.56. The molecule has 3 nitrogen and oxygen atoms in total. The monoisotopic (exact) mass is 233 g/mol. The van der Waals surface area contributed by atoms with Gasteiger partial charge in [0.2, 0.25) is 0 Å². The standard InChI is InChI=1S/C10H14F3N3/c1-16-7-4-2-3-6(5-14)8(7)9(15-16)10(11,12)13/h6H,2-5,14H2,1H3. The van der Waals surface area contributed by atoms with E-state index >= 15 is 0 Å². The van der Waals surface area contributed by atoms with Crippen LogP contribution in [0.5, 0.6) is 0 Å². The van der Waals surface area contributed by atoms with Gasteiger partial charge in [0.05, 0.1) is 0 Å². The minimum atomic E-state index is -4.38. The van der Waals surface area contributed by atoms with E-state index in [2.05, 4.69) is 5.10 Å². The van der Waals surface area contributed by atoms with E-state index in [9.17, 15) is 13.2 Å². The lowest BCUT2D eigenvalue weighted by molar-refractivity contribution is -0.142. The van der Waals surface area contributed by atoms with Crippen molar-refractivity contribution in [2.45, 2.75) is 31.4 Å². The van der Waals surface area contributed by atoms with Crippen molar-refractivity contribution < 1.29 is 13.2 Å². The average Bonchev–Trinajstić information content (AvgIpc) is 2.56. The predicted octanol–water partition coefficient (Wildman–Crippen LogP) is 1.82. The maximum atomic E-state index is 12.8. The molecule has 16 heavy (non-hydrogen) atoms. The van der Waals surface area contributed by atoms with E-state index in [-0.39, 0.29) is 12.5 Å². The number of nitrogens with zero attached hydrogens (tertiary/aromatic N) is 2. The van der Waals surface area contributed by atoms with Crippen LogP contribution >= 0.6 is 0 Å². The molecule has 0 fully saturated rings. The van der Waals surface area contributed by atoms with Crippen LogP contribution in [0.2, 0.25) is 0 Å². The van der Waals surface area contributed by atoms with Gasteiger partial charge in [-0.3, -0.25) is 4.68 Å². The van der Waals surface area contributed by atoms with Crippen LogP contribution < -0.4 is 5.73 Å². The van der Waals surface area contributed by atoms with Crippen LogP contribution in [0.25, 0.3) is 0 Å². The summed E-state index contributed by atoms with van der Waals surface area (Å²) in [6, 6.07) is 0. The first-order valence-corrected chi connectivity index (χ1v) is 5.28. The van der Waals surface area contributed by atoms with Gasteiger partial charge in [-0.15, -0.1) is 0 Å². The lowest BCUT2D eigenvalue weighted by atomic mass is 9.85. The number of hydrogen-bond acceptors (Lipinski definition) is 2. The molecule has 0 aliphatic heterocycles. The highest BCUT2D eigenvalue weighted by Gasteiger charge is 2.41. The largest absolute Gasteiger partial charge is 0.435 e. The number of alkyl halides is 3. The highest BCUT2D eigenvalue weighted by atomic mass is 19.4. The summed E-state index contributed by atoms with van der Waals surface area (Å²) in [5.74, 6) is -0.200. The third-order valence-corrected chi connectivity index (χ3v) is 3.13. The van der Waals surface area contributed by atoms with E-state index in [0.717, 1.165) is 12.8 Å². The van der Waals surface area contributed by atoms with Gasteiger partial charge in [-0.1, -0.05) is 0 Å². The molecule has 1 heterocycles. The first kappa shape index (κ1) is 11.4. The Balaban J connectivity index is 2.56. The van der Waals surface area contributed by atoms with Crippen molar-refractivity contribution in [2.24, 2.45) is 12.8 Å². The molecule has 6 heteroatoms. The van der Waals surface area contributed by atoms with Gasteiger partial charge in [-0.25, -0.2) is 0 Å². The Bertz CT molecular complexity index is 395. The Labute approximate surface area is 91.4 Å². The number of aromatic nitrogens is 2. The number of aryl methyl sites for hydroxylation is 1. The molecule has 0 saturated heterocycles. The van der Waals surface area contributed by atoms with Crippen molar-refractivity contribution in [3.8, 4) is 0 Å². The molecular weight excluding hydrogens is 219 g/mol. The van der Waals surface area contributed by atoms with Crippen molar-refractivity contribution in [3.05, 3.63) is 17.0 Å². The third kappa shape index (κ3) is 1.71. The summed E-state index contributed by atoms with van der Waals surface area (Å²) >= 11 is 0. The second kappa shape index (κ2) is 3.76. The molecule has 1 aromatic heterocycles. The zero-order chi connectivity index (χ0) is 11.9. The lowest BCUT2D eigenvalue weighted by Crippen LogP contribution is -2.21.